The highest BCUT2D eigenvalue weighted by molar-refractivity contribution is 7.13. The molecule has 1 fully saturated rings. The lowest BCUT2D eigenvalue weighted by Gasteiger charge is -2.02. The minimum atomic E-state index is -0.854. The molecule has 1 aromatic carbocycles. The smallest absolute Gasteiger partial charge is 0.159 e. The predicted molar refractivity (Wildman–Crippen MR) is 62.6 cm³/mol. The Morgan fingerprint density at radius 2 is 2.00 bits per heavy atom. The number of halogens is 2. The third-order valence-corrected chi connectivity index (χ3v) is 3.86. The van der Waals surface area contributed by atoms with Crippen molar-refractivity contribution in [2.75, 3.05) is 0 Å². The Morgan fingerprint density at radius 3 is 2.65 bits per heavy atom. The van der Waals surface area contributed by atoms with Crippen molar-refractivity contribution in [2.24, 2.45) is 5.73 Å². The summed E-state index contributed by atoms with van der Waals surface area (Å²) >= 11 is 1.40. The van der Waals surface area contributed by atoms with Crippen molar-refractivity contribution in [2.45, 2.75) is 18.4 Å². The standard InChI is InChI=1S/C12H10F2N2S/c13-8-2-1-7(5-9(8)14)11-16-10(6-17-11)12(15)3-4-12/h1-2,5-6H,3-4,15H2. The molecule has 0 amide bonds. The SMILES string of the molecule is NC1(c2csc(-c3ccc(F)c(F)c3)n2)CC1. The van der Waals surface area contributed by atoms with E-state index in [1.807, 2.05) is 5.38 Å². The van der Waals surface area contributed by atoms with E-state index >= 15 is 0 Å². The van der Waals surface area contributed by atoms with Crippen LogP contribution in [0.25, 0.3) is 10.6 Å². The fourth-order valence-corrected chi connectivity index (χ4v) is 2.58. The van der Waals surface area contributed by atoms with Gasteiger partial charge in [0.05, 0.1) is 11.2 Å². The first-order valence-electron chi connectivity index (χ1n) is 5.29. The van der Waals surface area contributed by atoms with Gasteiger partial charge in [-0.3, -0.25) is 0 Å². The first-order chi connectivity index (χ1) is 8.08. The molecule has 88 valence electrons. The Kier molecular flexibility index (Phi) is 2.27. The van der Waals surface area contributed by atoms with Crippen LogP contribution in [0.4, 0.5) is 8.78 Å². The van der Waals surface area contributed by atoms with E-state index in [1.54, 1.807) is 0 Å². The molecule has 2 aromatic rings. The Morgan fingerprint density at radius 1 is 1.24 bits per heavy atom. The van der Waals surface area contributed by atoms with Gasteiger partial charge in [-0.2, -0.15) is 0 Å². The molecule has 0 unspecified atom stereocenters. The summed E-state index contributed by atoms with van der Waals surface area (Å²) in [7, 11) is 0. The zero-order valence-corrected chi connectivity index (χ0v) is 9.73. The number of nitrogens with two attached hydrogens (primary N) is 1. The van der Waals surface area contributed by atoms with Crippen molar-refractivity contribution >= 4 is 11.3 Å². The summed E-state index contributed by atoms with van der Waals surface area (Å²) in [6.45, 7) is 0. The van der Waals surface area contributed by atoms with Crippen LogP contribution >= 0.6 is 11.3 Å². The second-order valence-corrected chi connectivity index (χ2v) is 5.18. The predicted octanol–water partition coefficient (Wildman–Crippen LogP) is 3.04. The van der Waals surface area contributed by atoms with Crippen LogP contribution in [0.2, 0.25) is 0 Å². The van der Waals surface area contributed by atoms with E-state index < -0.39 is 11.6 Å². The number of benzene rings is 1. The highest BCUT2D eigenvalue weighted by atomic mass is 32.1. The second-order valence-electron chi connectivity index (χ2n) is 4.32. The summed E-state index contributed by atoms with van der Waals surface area (Å²) < 4.78 is 25.9. The highest BCUT2D eigenvalue weighted by Gasteiger charge is 2.42. The third kappa shape index (κ3) is 1.85. The molecule has 1 aliphatic rings. The van der Waals surface area contributed by atoms with Gasteiger partial charge in [0.2, 0.25) is 0 Å². The summed E-state index contributed by atoms with van der Waals surface area (Å²) in [5.41, 5.74) is 7.18. The van der Waals surface area contributed by atoms with Crippen LogP contribution in [0, 0.1) is 11.6 Å². The molecule has 0 bridgehead atoms. The molecule has 0 aliphatic heterocycles. The lowest BCUT2D eigenvalue weighted by molar-refractivity contribution is 0.509. The minimum absolute atomic E-state index is 0.284. The number of thiazole rings is 1. The molecular formula is C12H10F2N2S. The number of aromatic nitrogens is 1. The quantitative estimate of drug-likeness (QED) is 0.892. The van der Waals surface area contributed by atoms with E-state index in [2.05, 4.69) is 4.98 Å². The lowest BCUT2D eigenvalue weighted by Crippen LogP contribution is -2.18. The van der Waals surface area contributed by atoms with E-state index in [0.29, 0.717) is 10.6 Å². The normalized spacial score (nSPS) is 17.1. The zero-order valence-electron chi connectivity index (χ0n) is 8.91. The van der Waals surface area contributed by atoms with Crippen LogP contribution in [0.1, 0.15) is 18.5 Å². The Hall–Kier alpha value is -1.33. The van der Waals surface area contributed by atoms with Crippen molar-refractivity contribution in [1.82, 2.24) is 4.98 Å². The van der Waals surface area contributed by atoms with Gasteiger partial charge in [-0.25, -0.2) is 13.8 Å². The van der Waals surface area contributed by atoms with Gasteiger partial charge in [0.15, 0.2) is 11.6 Å². The molecule has 1 aromatic heterocycles. The largest absolute Gasteiger partial charge is 0.320 e. The summed E-state index contributed by atoms with van der Waals surface area (Å²) in [5, 5.41) is 2.57. The topological polar surface area (TPSA) is 38.9 Å². The zero-order chi connectivity index (χ0) is 12.0. The van der Waals surface area contributed by atoms with Crippen LogP contribution in [0.5, 0.6) is 0 Å². The maximum atomic E-state index is 13.1. The average molecular weight is 252 g/mol. The maximum absolute atomic E-state index is 13.1. The van der Waals surface area contributed by atoms with E-state index in [4.69, 9.17) is 5.73 Å². The number of nitrogens with zero attached hydrogens (tertiary/aromatic N) is 1. The summed E-state index contributed by atoms with van der Waals surface area (Å²) in [6, 6.07) is 3.80. The van der Waals surface area contributed by atoms with Gasteiger partial charge in [-0.05, 0) is 31.0 Å². The van der Waals surface area contributed by atoms with E-state index in [-0.39, 0.29) is 5.54 Å². The minimum Gasteiger partial charge on any atom is -0.320 e. The number of rotatable bonds is 2. The van der Waals surface area contributed by atoms with E-state index in [1.165, 1.54) is 17.4 Å². The Balaban J connectivity index is 1.98. The molecule has 17 heavy (non-hydrogen) atoms. The van der Waals surface area contributed by atoms with Crippen LogP contribution < -0.4 is 5.73 Å². The van der Waals surface area contributed by atoms with Crippen molar-refractivity contribution in [1.29, 1.82) is 0 Å². The molecule has 2 N–H and O–H groups in total. The summed E-state index contributed by atoms with van der Waals surface area (Å²) in [6.07, 6.45) is 1.88. The molecule has 1 heterocycles. The summed E-state index contributed by atoms with van der Waals surface area (Å²) in [5.74, 6) is -1.70. The van der Waals surface area contributed by atoms with Gasteiger partial charge in [0.1, 0.15) is 5.01 Å². The molecule has 0 spiro atoms. The highest BCUT2D eigenvalue weighted by Crippen LogP contribution is 2.43. The fourth-order valence-electron chi connectivity index (χ4n) is 1.65. The fraction of sp³-hybridized carbons (Fsp3) is 0.250. The molecule has 1 saturated carbocycles. The van der Waals surface area contributed by atoms with Crippen LogP contribution in [-0.2, 0) is 5.54 Å². The molecule has 5 heteroatoms. The number of hydrogen-bond acceptors (Lipinski definition) is 3. The van der Waals surface area contributed by atoms with Gasteiger partial charge >= 0.3 is 0 Å². The van der Waals surface area contributed by atoms with Crippen molar-refractivity contribution in [3.05, 3.63) is 40.9 Å². The van der Waals surface area contributed by atoms with E-state index in [9.17, 15) is 8.78 Å². The molecule has 0 radical (unpaired) electrons. The Bertz CT molecular complexity index is 576. The van der Waals surface area contributed by atoms with Crippen molar-refractivity contribution in [3.8, 4) is 10.6 Å². The Labute approximate surface area is 101 Å². The monoisotopic (exact) mass is 252 g/mol. The van der Waals surface area contributed by atoms with Crippen molar-refractivity contribution < 1.29 is 8.78 Å². The molecule has 3 rings (SSSR count). The van der Waals surface area contributed by atoms with Crippen LogP contribution in [0.15, 0.2) is 23.6 Å². The third-order valence-electron chi connectivity index (χ3n) is 2.97. The second kappa shape index (κ2) is 3.58. The lowest BCUT2D eigenvalue weighted by atomic mass is 10.2. The molecule has 1 aliphatic carbocycles. The molecular weight excluding hydrogens is 242 g/mol. The van der Waals surface area contributed by atoms with Gasteiger partial charge in [0.25, 0.3) is 0 Å². The van der Waals surface area contributed by atoms with E-state index in [0.717, 1.165) is 30.7 Å². The van der Waals surface area contributed by atoms with Crippen LogP contribution in [0.3, 0.4) is 0 Å². The van der Waals surface area contributed by atoms with Gasteiger partial charge in [-0.15, -0.1) is 11.3 Å². The molecule has 0 atom stereocenters. The first kappa shape index (κ1) is 10.8. The average Bonchev–Trinajstić information content (AvgIpc) is 2.88. The maximum Gasteiger partial charge on any atom is 0.159 e. The van der Waals surface area contributed by atoms with Gasteiger partial charge in [0, 0.05) is 10.9 Å². The van der Waals surface area contributed by atoms with Crippen molar-refractivity contribution in [3.63, 3.8) is 0 Å². The first-order valence-corrected chi connectivity index (χ1v) is 6.17. The number of hydrogen-bond donors (Lipinski definition) is 1. The molecule has 2 nitrogen and oxygen atoms in total. The summed E-state index contributed by atoms with van der Waals surface area (Å²) in [4.78, 5) is 4.39. The van der Waals surface area contributed by atoms with Gasteiger partial charge in [-0.1, -0.05) is 0 Å². The molecule has 0 saturated heterocycles. The van der Waals surface area contributed by atoms with Crippen LogP contribution in [-0.4, -0.2) is 4.98 Å². The van der Waals surface area contributed by atoms with Gasteiger partial charge < -0.3 is 5.73 Å².